The van der Waals surface area contributed by atoms with Gasteiger partial charge in [-0.2, -0.15) is 0 Å². The van der Waals surface area contributed by atoms with Gasteiger partial charge in [0.05, 0.1) is 12.5 Å². The van der Waals surface area contributed by atoms with Crippen molar-refractivity contribution in [1.29, 1.82) is 0 Å². The molecule has 0 radical (unpaired) electrons. The summed E-state index contributed by atoms with van der Waals surface area (Å²) in [6, 6.07) is 8.06. The number of ether oxygens (including phenoxy) is 1. The summed E-state index contributed by atoms with van der Waals surface area (Å²) in [5.74, 6) is 1.14. The number of methoxy groups -OCH3 is 1. The highest BCUT2D eigenvalue weighted by molar-refractivity contribution is 5.88. The molecule has 116 valence electrons. The third-order valence-electron chi connectivity index (χ3n) is 4.70. The van der Waals surface area contributed by atoms with Crippen molar-refractivity contribution in [3.63, 3.8) is 0 Å². The van der Waals surface area contributed by atoms with Crippen LogP contribution in [0, 0.1) is 0 Å². The van der Waals surface area contributed by atoms with Gasteiger partial charge in [0.15, 0.2) is 0 Å². The highest BCUT2D eigenvalue weighted by atomic mass is 16.5. The molecule has 1 aliphatic rings. The molecule has 0 aliphatic carbocycles. The van der Waals surface area contributed by atoms with Crippen molar-refractivity contribution >= 4 is 5.91 Å². The van der Waals surface area contributed by atoms with Gasteiger partial charge in [-0.05, 0) is 43.4 Å². The van der Waals surface area contributed by atoms with Crippen LogP contribution in [0.2, 0.25) is 0 Å². The summed E-state index contributed by atoms with van der Waals surface area (Å²) < 4.78 is 5.35. The maximum Gasteiger partial charge on any atom is 0.233 e. The number of nitrogens with zero attached hydrogens (tertiary/aromatic N) is 1. The predicted molar refractivity (Wildman–Crippen MR) is 85.7 cm³/mol. The van der Waals surface area contributed by atoms with E-state index in [9.17, 15) is 4.79 Å². The Bertz CT molecular complexity index is 486. The molecule has 1 saturated heterocycles. The molecule has 1 aromatic carbocycles. The minimum absolute atomic E-state index is 0.303. The molecular weight excluding hydrogens is 262 g/mol. The number of likely N-dealkylation sites (tertiary alicyclic amines) is 1. The van der Waals surface area contributed by atoms with Gasteiger partial charge < -0.3 is 9.64 Å². The molecule has 0 bridgehead atoms. The molecule has 1 unspecified atom stereocenters. The van der Waals surface area contributed by atoms with Crippen LogP contribution in [-0.2, 0) is 10.2 Å². The van der Waals surface area contributed by atoms with Crippen LogP contribution < -0.4 is 4.74 Å². The highest BCUT2D eigenvalue weighted by Crippen LogP contribution is 2.38. The molecule has 2 rings (SSSR count). The Labute approximate surface area is 128 Å². The summed E-state index contributed by atoms with van der Waals surface area (Å²) in [5.41, 5.74) is 0.734. The molecule has 0 N–H and O–H groups in total. The van der Waals surface area contributed by atoms with Crippen molar-refractivity contribution in [3.8, 4) is 5.75 Å². The number of carbonyl (C=O) groups is 1. The summed E-state index contributed by atoms with van der Waals surface area (Å²) in [6.45, 7) is 6.03. The quantitative estimate of drug-likeness (QED) is 0.826. The molecule has 0 saturated carbocycles. The number of amides is 1. The van der Waals surface area contributed by atoms with Gasteiger partial charge >= 0.3 is 0 Å². The van der Waals surface area contributed by atoms with Crippen LogP contribution in [0.3, 0.4) is 0 Å². The topological polar surface area (TPSA) is 29.5 Å². The SMILES string of the molecule is CCCN1CCCCC(CC)(c2cccc(OC)c2)C1=O. The fourth-order valence-electron chi connectivity index (χ4n) is 3.44. The molecule has 21 heavy (non-hydrogen) atoms. The zero-order valence-electron chi connectivity index (χ0n) is 13.5. The van der Waals surface area contributed by atoms with Crippen molar-refractivity contribution in [2.75, 3.05) is 20.2 Å². The van der Waals surface area contributed by atoms with Gasteiger partial charge in [0.1, 0.15) is 5.75 Å². The van der Waals surface area contributed by atoms with E-state index in [0.29, 0.717) is 5.91 Å². The maximum absolute atomic E-state index is 13.2. The average Bonchev–Trinajstić information content (AvgIpc) is 2.68. The Balaban J connectivity index is 2.43. The minimum Gasteiger partial charge on any atom is -0.497 e. The van der Waals surface area contributed by atoms with Gasteiger partial charge in [-0.15, -0.1) is 0 Å². The first-order valence-corrected chi connectivity index (χ1v) is 8.12. The van der Waals surface area contributed by atoms with E-state index in [1.807, 2.05) is 18.2 Å². The highest BCUT2D eigenvalue weighted by Gasteiger charge is 2.42. The van der Waals surface area contributed by atoms with Crippen LogP contribution in [0.1, 0.15) is 51.5 Å². The molecule has 0 spiro atoms. The lowest BCUT2D eigenvalue weighted by atomic mass is 9.73. The van der Waals surface area contributed by atoms with E-state index in [0.717, 1.165) is 56.5 Å². The molecule has 1 atom stereocenters. The standard InChI is InChI=1S/C18H27NO2/c1-4-12-19-13-7-6-11-18(5-2,17(19)20)15-9-8-10-16(14-15)21-3/h8-10,14H,4-7,11-13H2,1-3H3. The van der Waals surface area contributed by atoms with E-state index < -0.39 is 0 Å². The van der Waals surface area contributed by atoms with Crippen LogP contribution in [0.5, 0.6) is 5.75 Å². The van der Waals surface area contributed by atoms with Crippen molar-refractivity contribution < 1.29 is 9.53 Å². The predicted octanol–water partition coefficient (Wildman–Crippen LogP) is 3.77. The summed E-state index contributed by atoms with van der Waals surface area (Å²) in [6.07, 6.45) is 5.02. The van der Waals surface area contributed by atoms with Crippen LogP contribution in [0.4, 0.5) is 0 Å². The summed E-state index contributed by atoms with van der Waals surface area (Å²) in [5, 5.41) is 0. The third kappa shape index (κ3) is 3.07. The van der Waals surface area contributed by atoms with Crippen molar-refractivity contribution in [1.82, 2.24) is 4.90 Å². The average molecular weight is 289 g/mol. The summed E-state index contributed by atoms with van der Waals surface area (Å²) in [7, 11) is 1.68. The van der Waals surface area contributed by atoms with E-state index >= 15 is 0 Å². The number of hydrogen-bond donors (Lipinski definition) is 0. The van der Waals surface area contributed by atoms with Crippen LogP contribution in [0.25, 0.3) is 0 Å². The molecule has 1 heterocycles. The van der Waals surface area contributed by atoms with Crippen molar-refractivity contribution in [2.24, 2.45) is 0 Å². The Hall–Kier alpha value is -1.51. The number of rotatable bonds is 5. The Kier molecular flexibility index (Phi) is 5.27. The zero-order valence-corrected chi connectivity index (χ0v) is 13.5. The first-order chi connectivity index (χ1) is 10.2. The second-order valence-corrected chi connectivity index (χ2v) is 5.92. The molecule has 1 amide bonds. The fourth-order valence-corrected chi connectivity index (χ4v) is 3.44. The van der Waals surface area contributed by atoms with Gasteiger partial charge in [-0.3, -0.25) is 4.79 Å². The Morgan fingerprint density at radius 3 is 2.76 bits per heavy atom. The molecular formula is C18H27NO2. The monoisotopic (exact) mass is 289 g/mol. The normalized spacial score (nSPS) is 23.0. The Morgan fingerprint density at radius 2 is 2.10 bits per heavy atom. The number of benzene rings is 1. The summed E-state index contributed by atoms with van der Waals surface area (Å²) in [4.78, 5) is 15.2. The zero-order chi connectivity index (χ0) is 15.3. The molecule has 1 fully saturated rings. The van der Waals surface area contributed by atoms with Crippen LogP contribution in [-0.4, -0.2) is 31.0 Å². The largest absolute Gasteiger partial charge is 0.497 e. The van der Waals surface area contributed by atoms with Gasteiger partial charge in [-0.25, -0.2) is 0 Å². The van der Waals surface area contributed by atoms with Crippen LogP contribution >= 0.6 is 0 Å². The van der Waals surface area contributed by atoms with Gasteiger partial charge in [0.2, 0.25) is 5.91 Å². The Morgan fingerprint density at radius 1 is 1.29 bits per heavy atom. The number of carbonyl (C=O) groups excluding carboxylic acids is 1. The molecule has 1 aliphatic heterocycles. The summed E-state index contributed by atoms with van der Waals surface area (Å²) >= 11 is 0. The number of hydrogen-bond acceptors (Lipinski definition) is 2. The first kappa shape index (κ1) is 15.9. The van der Waals surface area contributed by atoms with E-state index in [-0.39, 0.29) is 5.41 Å². The van der Waals surface area contributed by atoms with Gasteiger partial charge in [-0.1, -0.05) is 32.4 Å². The van der Waals surface area contributed by atoms with E-state index in [2.05, 4.69) is 24.8 Å². The molecule has 3 nitrogen and oxygen atoms in total. The molecule has 3 heteroatoms. The lowest BCUT2D eigenvalue weighted by Gasteiger charge is -2.35. The van der Waals surface area contributed by atoms with Crippen molar-refractivity contribution in [3.05, 3.63) is 29.8 Å². The maximum atomic E-state index is 13.2. The van der Waals surface area contributed by atoms with Gasteiger partial charge in [0, 0.05) is 13.1 Å². The van der Waals surface area contributed by atoms with E-state index in [1.54, 1.807) is 7.11 Å². The lowest BCUT2D eigenvalue weighted by Crippen LogP contribution is -2.45. The third-order valence-corrected chi connectivity index (χ3v) is 4.70. The van der Waals surface area contributed by atoms with Gasteiger partial charge in [0.25, 0.3) is 0 Å². The van der Waals surface area contributed by atoms with Crippen molar-refractivity contribution in [2.45, 2.75) is 51.4 Å². The second kappa shape index (κ2) is 6.97. The smallest absolute Gasteiger partial charge is 0.233 e. The van der Waals surface area contributed by atoms with E-state index in [4.69, 9.17) is 4.74 Å². The fraction of sp³-hybridized carbons (Fsp3) is 0.611. The first-order valence-electron chi connectivity index (χ1n) is 8.12. The lowest BCUT2D eigenvalue weighted by molar-refractivity contribution is -0.137. The molecule has 1 aromatic rings. The molecule has 0 aromatic heterocycles. The van der Waals surface area contributed by atoms with Crippen LogP contribution in [0.15, 0.2) is 24.3 Å². The van der Waals surface area contributed by atoms with E-state index in [1.165, 1.54) is 0 Å². The minimum atomic E-state index is -0.375. The second-order valence-electron chi connectivity index (χ2n) is 5.92.